The first-order chi connectivity index (χ1) is 14.6. The Kier molecular flexibility index (Phi) is 8.75. The number of amides is 2. The maximum Gasteiger partial charge on any atom is 0.273 e. The SMILES string of the molecule is C=C(CC(C)NC(=O)COc1ccc(Cl)c(F)c1)NC(=O)c1ccc(OC(C)F)cn1. The minimum absolute atomic E-state index is 0.0418. The maximum atomic E-state index is 13.4. The molecule has 0 saturated heterocycles. The zero-order valence-electron chi connectivity index (χ0n) is 17.0. The molecule has 2 aromatic rings. The lowest BCUT2D eigenvalue weighted by atomic mass is 10.2. The fraction of sp³-hybridized carbons (Fsp3) is 0.286. The van der Waals surface area contributed by atoms with Gasteiger partial charge in [-0.15, -0.1) is 0 Å². The van der Waals surface area contributed by atoms with Gasteiger partial charge in [-0.25, -0.2) is 13.8 Å². The number of carbonyl (C=O) groups is 2. The molecule has 2 unspecified atom stereocenters. The van der Waals surface area contributed by atoms with E-state index in [0.29, 0.717) is 5.70 Å². The van der Waals surface area contributed by atoms with Crippen LogP contribution in [0, 0.1) is 5.82 Å². The van der Waals surface area contributed by atoms with Gasteiger partial charge in [-0.2, -0.15) is 0 Å². The van der Waals surface area contributed by atoms with Crippen LogP contribution in [-0.4, -0.2) is 35.8 Å². The number of alkyl halides is 1. The van der Waals surface area contributed by atoms with Crippen molar-refractivity contribution in [3.63, 3.8) is 0 Å². The molecule has 0 spiro atoms. The first-order valence-corrected chi connectivity index (χ1v) is 9.65. The molecule has 0 aliphatic carbocycles. The summed E-state index contributed by atoms with van der Waals surface area (Å²) < 4.78 is 36.2. The molecule has 166 valence electrons. The minimum Gasteiger partial charge on any atom is -0.484 e. The molecule has 0 bridgehead atoms. The summed E-state index contributed by atoms with van der Waals surface area (Å²) in [5.41, 5.74) is 0.457. The van der Waals surface area contributed by atoms with E-state index in [1.165, 1.54) is 37.4 Å². The van der Waals surface area contributed by atoms with Crippen molar-refractivity contribution < 1.29 is 27.8 Å². The van der Waals surface area contributed by atoms with E-state index in [2.05, 4.69) is 22.2 Å². The van der Waals surface area contributed by atoms with Crippen molar-refractivity contribution in [2.45, 2.75) is 32.7 Å². The summed E-state index contributed by atoms with van der Waals surface area (Å²) in [6.45, 7) is 6.40. The van der Waals surface area contributed by atoms with E-state index in [-0.39, 0.29) is 41.3 Å². The minimum atomic E-state index is -1.49. The van der Waals surface area contributed by atoms with Crippen molar-refractivity contribution in [2.75, 3.05) is 6.61 Å². The number of benzene rings is 1. The lowest BCUT2D eigenvalue weighted by Gasteiger charge is -2.16. The maximum absolute atomic E-state index is 13.4. The standard InChI is InChI=1S/C21H22ClF2N3O4/c1-12(26-20(28)11-30-15-4-6-17(22)18(24)9-15)8-13(2)27-21(29)19-7-5-16(10-25-19)31-14(3)23/h4-7,9-10,12,14H,2,8,11H2,1,3H3,(H,26,28)(H,27,29). The van der Waals surface area contributed by atoms with Crippen molar-refractivity contribution in [3.8, 4) is 11.5 Å². The zero-order valence-corrected chi connectivity index (χ0v) is 17.7. The number of ether oxygens (including phenoxy) is 2. The Morgan fingerprint density at radius 1 is 1.23 bits per heavy atom. The third-order valence-corrected chi connectivity index (χ3v) is 4.09. The van der Waals surface area contributed by atoms with Gasteiger partial charge in [-0.05, 0) is 31.2 Å². The van der Waals surface area contributed by atoms with Crippen molar-refractivity contribution in [1.29, 1.82) is 0 Å². The van der Waals surface area contributed by atoms with E-state index in [4.69, 9.17) is 21.1 Å². The van der Waals surface area contributed by atoms with Crippen LogP contribution < -0.4 is 20.1 Å². The molecular weight excluding hydrogens is 432 g/mol. The fourth-order valence-electron chi connectivity index (χ4n) is 2.50. The second-order valence-corrected chi connectivity index (χ2v) is 7.04. The van der Waals surface area contributed by atoms with Crippen LogP contribution in [0.1, 0.15) is 30.8 Å². The van der Waals surface area contributed by atoms with Crippen molar-refractivity contribution in [2.24, 2.45) is 0 Å². The van der Waals surface area contributed by atoms with Crippen molar-refractivity contribution >= 4 is 23.4 Å². The molecule has 0 saturated carbocycles. The number of pyridine rings is 1. The lowest BCUT2D eigenvalue weighted by Crippen LogP contribution is -2.37. The Bertz CT molecular complexity index is 939. The molecule has 1 aromatic carbocycles. The zero-order chi connectivity index (χ0) is 23.0. The molecule has 0 aliphatic rings. The molecule has 31 heavy (non-hydrogen) atoms. The predicted octanol–water partition coefficient (Wildman–Crippen LogP) is 3.79. The highest BCUT2D eigenvalue weighted by atomic mass is 35.5. The van der Waals surface area contributed by atoms with E-state index >= 15 is 0 Å². The Morgan fingerprint density at radius 2 is 1.94 bits per heavy atom. The van der Waals surface area contributed by atoms with Crippen molar-refractivity contribution in [1.82, 2.24) is 15.6 Å². The Labute approximate surface area is 183 Å². The van der Waals surface area contributed by atoms with Gasteiger partial charge in [0.15, 0.2) is 6.61 Å². The Hall–Kier alpha value is -3.20. The number of nitrogens with one attached hydrogen (secondary N) is 2. The number of carbonyl (C=O) groups excluding carboxylic acids is 2. The number of nitrogens with zero attached hydrogens (tertiary/aromatic N) is 1. The van der Waals surface area contributed by atoms with Crippen LogP contribution in [0.2, 0.25) is 5.02 Å². The molecule has 2 amide bonds. The molecule has 2 atom stereocenters. The number of aromatic nitrogens is 1. The van der Waals surface area contributed by atoms with Crippen LogP contribution in [0.25, 0.3) is 0 Å². The third-order valence-electron chi connectivity index (χ3n) is 3.78. The highest BCUT2D eigenvalue weighted by Gasteiger charge is 2.14. The van der Waals surface area contributed by atoms with E-state index in [0.717, 1.165) is 6.07 Å². The fourth-order valence-corrected chi connectivity index (χ4v) is 2.62. The van der Waals surface area contributed by atoms with Crippen LogP contribution >= 0.6 is 11.6 Å². The quantitative estimate of drug-likeness (QED) is 0.571. The van der Waals surface area contributed by atoms with Gasteiger partial charge in [0, 0.05) is 31.1 Å². The topological polar surface area (TPSA) is 89.6 Å². The highest BCUT2D eigenvalue weighted by molar-refractivity contribution is 6.30. The summed E-state index contributed by atoms with van der Waals surface area (Å²) >= 11 is 5.59. The van der Waals surface area contributed by atoms with Crippen LogP contribution in [0.3, 0.4) is 0 Å². The van der Waals surface area contributed by atoms with Gasteiger partial charge in [0.25, 0.3) is 11.8 Å². The van der Waals surface area contributed by atoms with Gasteiger partial charge in [0.1, 0.15) is 23.0 Å². The smallest absolute Gasteiger partial charge is 0.273 e. The van der Waals surface area contributed by atoms with Gasteiger partial charge in [-0.3, -0.25) is 9.59 Å². The summed E-state index contributed by atoms with van der Waals surface area (Å²) in [5.74, 6) is -1.21. The molecular formula is C21H22ClF2N3O4. The average Bonchev–Trinajstić information content (AvgIpc) is 2.68. The summed E-state index contributed by atoms with van der Waals surface area (Å²) in [5, 5.41) is 5.22. The molecule has 2 rings (SSSR count). The molecule has 7 nitrogen and oxygen atoms in total. The van der Waals surface area contributed by atoms with Gasteiger partial charge in [-0.1, -0.05) is 18.2 Å². The second-order valence-electron chi connectivity index (χ2n) is 6.63. The number of rotatable bonds is 10. The molecule has 2 N–H and O–H groups in total. The van der Waals surface area contributed by atoms with Crippen LogP contribution in [0.4, 0.5) is 8.78 Å². The third kappa shape index (κ3) is 8.21. The van der Waals surface area contributed by atoms with Gasteiger partial charge < -0.3 is 20.1 Å². The summed E-state index contributed by atoms with van der Waals surface area (Å²) in [6, 6.07) is 6.32. The largest absolute Gasteiger partial charge is 0.484 e. The average molecular weight is 454 g/mol. The van der Waals surface area contributed by atoms with Gasteiger partial charge >= 0.3 is 0 Å². The van der Waals surface area contributed by atoms with Gasteiger partial charge in [0.2, 0.25) is 6.36 Å². The second kappa shape index (κ2) is 11.3. The highest BCUT2D eigenvalue weighted by Crippen LogP contribution is 2.20. The number of hydrogen-bond acceptors (Lipinski definition) is 5. The molecule has 10 heteroatoms. The van der Waals surface area contributed by atoms with Crippen molar-refractivity contribution in [3.05, 3.63) is 65.3 Å². The van der Waals surface area contributed by atoms with E-state index in [9.17, 15) is 18.4 Å². The van der Waals surface area contributed by atoms with Crippen LogP contribution in [0.15, 0.2) is 48.8 Å². The summed E-state index contributed by atoms with van der Waals surface area (Å²) in [6.07, 6.45) is 0.00671. The van der Waals surface area contributed by atoms with Crippen LogP contribution in [0.5, 0.6) is 11.5 Å². The first kappa shape index (κ1) is 24.1. The summed E-state index contributed by atoms with van der Waals surface area (Å²) in [7, 11) is 0. The predicted molar refractivity (Wildman–Crippen MR) is 111 cm³/mol. The molecule has 1 aromatic heterocycles. The molecule has 0 aliphatic heterocycles. The monoisotopic (exact) mass is 453 g/mol. The van der Waals surface area contributed by atoms with E-state index in [1.807, 2.05) is 0 Å². The Morgan fingerprint density at radius 3 is 2.55 bits per heavy atom. The van der Waals surface area contributed by atoms with E-state index < -0.39 is 24.0 Å². The lowest BCUT2D eigenvalue weighted by molar-refractivity contribution is -0.123. The molecule has 0 fully saturated rings. The van der Waals surface area contributed by atoms with E-state index in [1.54, 1.807) is 6.92 Å². The normalized spacial score (nSPS) is 12.4. The Balaban J connectivity index is 1.76. The number of halogens is 3. The van der Waals surface area contributed by atoms with Crippen LogP contribution in [-0.2, 0) is 4.79 Å². The van der Waals surface area contributed by atoms with Gasteiger partial charge in [0.05, 0.1) is 11.2 Å². The first-order valence-electron chi connectivity index (χ1n) is 9.27. The number of hydrogen-bond donors (Lipinski definition) is 2. The summed E-state index contributed by atoms with van der Waals surface area (Å²) in [4.78, 5) is 28.1. The molecule has 0 radical (unpaired) electrons. The molecule has 1 heterocycles.